The van der Waals surface area contributed by atoms with Crippen LogP contribution in [0.15, 0.2) is 0 Å². The first kappa shape index (κ1) is 13.0. The molecule has 112 valence electrons. The lowest BCUT2D eigenvalue weighted by atomic mass is 9.58. The SMILES string of the molecule is CC1C(=O)O[C@@H]2O[C@@]3(C)CC[C@H]4[C@H](C)CC[C@@H]1[C@@]24OO3. The van der Waals surface area contributed by atoms with Crippen molar-refractivity contribution >= 4 is 5.97 Å². The molecule has 5 heteroatoms. The second-order valence-corrected chi connectivity index (χ2v) is 7.14. The van der Waals surface area contributed by atoms with E-state index in [9.17, 15) is 4.79 Å². The lowest BCUT2D eigenvalue weighted by Gasteiger charge is -2.57. The Morgan fingerprint density at radius 2 is 1.90 bits per heavy atom. The maximum absolute atomic E-state index is 12.1. The molecule has 0 aromatic heterocycles. The van der Waals surface area contributed by atoms with Crippen LogP contribution in [-0.2, 0) is 24.0 Å². The predicted octanol–water partition coefficient (Wildman–Crippen LogP) is 2.39. The van der Waals surface area contributed by atoms with E-state index in [1.807, 2.05) is 13.8 Å². The fourth-order valence-electron chi connectivity index (χ4n) is 4.76. The number of hydrogen-bond acceptors (Lipinski definition) is 5. The molecule has 1 saturated carbocycles. The van der Waals surface area contributed by atoms with E-state index in [0.29, 0.717) is 11.8 Å². The first-order valence-corrected chi connectivity index (χ1v) is 7.71. The molecule has 1 unspecified atom stereocenters. The van der Waals surface area contributed by atoms with Crippen LogP contribution >= 0.6 is 0 Å². The summed E-state index contributed by atoms with van der Waals surface area (Å²) < 4.78 is 11.6. The van der Waals surface area contributed by atoms with E-state index in [1.165, 1.54) is 0 Å². The van der Waals surface area contributed by atoms with Crippen molar-refractivity contribution in [3.63, 3.8) is 0 Å². The van der Waals surface area contributed by atoms with Crippen LogP contribution in [0.2, 0.25) is 0 Å². The fourth-order valence-corrected chi connectivity index (χ4v) is 4.76. The van der Waals surface area contributed by atoms with E-state index in [4.69, 9.17) is 19.2 Å². The van der Waals surface area contributed by atoms with Gasteiger partial charge in [-0.3, -0.25) is 4.79 Å². The van der Waals surface area contributed by atoms with Gasteiger partial charge >= 0.3 is 5.97 Å². The van der Waals surface area contributed by atoms with E-state index < -0.39 is 17.7 Å². The summed E-state index contributed by atoms with van der Waals surface area (Å²) in [5.41, 5.74) is -0.610. The molecule has 1 aliphatic carbocycles. The zero-order valence-electron chi connectivity index (χ0n) is 12.3. The van der Waals surface area contributed by atoms with Gasteiger partial charge in [-0.1, -0.05) is 13.8 Å². The zero-order valence-corrected chi connectivity index (χ0v) is 12.3. The van der Waals surface area contributed by atoms with Crippen molar-refractivity contribution in [2.24, 2.45) is 23.7 Å². The van der Waals surface area contributed by atoms with Gasteiger partial charge in [-0.25, -0.2) is 9.78 Å². The highest BCUT2D eigenvalue weighted by molar-refractivity contribution is 5.74. The van der Waals surface area contributed by atoms with Gasteiger partial charge in [-0.05, 0) is 32.1 Å². The molecule has 5 fully saturated rings. The molecule has 0 aromatic carbocycles. The van der Waals surface area contributed by atoms with Gasteiger partial charge in [0.05, 0.1) is 5.92 Å². The molecule has 0 radical (unpaired) electrons. The van der Waals surface area contributed by atoms with Crippen LogP contribution in [0, 0.1) is 23.7 Å². The molecule has 5 nitrogen and oxygen atoms in total. The Morgan fingerprint density at radius 1 is 1.10 bits per heavy atom. The summed E-state index contributed by atoms with van der Waals surface area (Å²) in [6, 6.07) is 0. The van der Waals surface area contributed by atoms with Crippen LogP contribution in [0.3, 0.4) is 0 Å². The number of fused-ring (bicyclic) bond motifs is 2. The quantitative estimate of drug-likeness (QED) is 0.504. The molecule has 5 rings (SSSR count). The number of carbonyl (C=O) groups is 1. The maximum atomic E-state index is 12.1. The molecular weight excluding hydrogens is 260 g/mol. The Morgan fingerprint density at radius 3 is 2.70 bits per heavy atom. The van der Waals surface area contributed by atoms with Crippen molar-refractivity contribution in [2.45, 2.75) is 64.1 Å². The second kappa shape index (κ2) is 3.96. The highest BCUT2D eigenvalue weighted by Gasteiger charge is 2.69. The Kier molecular flexibility index (Phi) is 2.58. The highest BCUT2D eigenvalue weighted by atomic mass is 17.3. The second-order valence-electron chi connectivity index (χ2n) is 7.14. The molecule has 0 amide bonds. The van der Waals surface area contributed by atoms with Crippen LogP contribution in [-0.4, -0.2) is 23.6 Å². The Bertz CT molecular complexity index is 452. The molecule has 4 saturated heterocycles. The lowest BCUT2D eigenvalue weighted by molar-refractivity contribution is -0.559. The Balaban J connectivity index is 1.84. The van der Waals surface area contributed by atoms with Gasteiger partial charge in [-0.15, -0.1) is 0 Å². The van der Waals surface area contributed by atoms with Crippen molar-refractivity contribution in [2.75, 3.05) is 0 Å². The highest BCUT2D eigenvalue weighted by Crippen LogP contribution is 2.59. The van der Waals surface area contributed by atoms with Gasteiger partial charge < -0.3 is 9.47 Å². The molecular formula is C15H22O5. The van der Waals surface area contributed by atoms with Crippen molar-refractivity contribution in [1.29, 1.82) is 0 Å². The van der Waals surface area contributed by atoms with Gasteiger partial charge in [0.25, 0.3) is 0 Å². The minimum Gasteiger partial charge on any atom is -0.432 e. The van der Waals surface area contributed by atoms with E-state index in [1.54, 1.807) is 0 Å². The van der Waals surface area contributed by atoms with Gasteiger partial charge in [0.2, 0.25) is 12.1 Å². The summed E-state index contributed by atoms with van der Waals surface area (Å²) in [5, 5.41) is 0. The minimum absolute atomic E-state index is 0.123. The molecule has 0 aromatic rings. The number of esters is 1. The minimum atomic E-state index is -0.793. The average molecular weight is 282 g/mol. The summed E-state index contributed by atoms with van der Waals surface area (Å²) in [5.74, 6) is -0.137. The van der Waals surface area contributed by atoms with Gasteiger partial charge in [0, 0.05) is 18.3 Å². The largest absolute Gasteiger partial charge is 0.432 e. The van der Waals surface area contributed by atoms with Crippen molar-refractivity contribution in [3.05, 3.63) is 0 Å². The average Bonchev–Trinajstić information content (AvgIpc) is 2.63. The van der Waals surface area contributed by atoms with Crippen molar-refractivity contribution in [1.82, 2.24) is 0 Å². The molecule has 0 N–H and O–H groups in total. The third-order valence-corrected chi connectivity index (χ3v) is 5.97. The molecule has 5 aliphatic rings. The first-order chi connectivity index (χ1) is 9.46. The summed E-state index contributed by atoms with van der Waals surface area (Å²) in [6.45, 7) is 6.06. The molecule has 4 heterocycles. The molecule has 4 aliphatic heterocycles. The summed E-state index contributed by atoms with van der Waals surface area (Å²) in [4.78, 5) is 23.7. The Hall–Kier alpha value is -0.650. The number of hydrogen-bond donors (Lipinski definition) is 0. The van der Waals surface area contributed by atoms with Crippen LogP contribution in [0.4, 0.5) is 0 Å². The van der Waals surface area contributed by atoms with E-state index in [2.05, 4.69) is 6.92 Å². The standard InChI is InChI=1S/C15H22O5/c1-8-4-5-11-9(2)12(16)17-13-15(11)10(8)6-7-14(3,18-13)19-20-15/h8-11,13H,4-7H2,1-3H3/t8-,9?,10+,11+,13-,14-,15-/m1/s1. The van der Waals surface area contributed by atoms with Crippen LogP contribution in [0.5, 0.6) is 0 Å². The maximum Gasteiger partial charge on any atom is 0.311 e. The predicted molar refractivity (Wildman–Crippen MR) is 68.0 cm³/mol. The van der Waals surface area contributed by atoms with E-state index >= 15 is 0 Å². The van der Waals surface area contributed by atoms with Crippen molar-refractivity contribution < 1.29 is 24.0 Å². The number of ether oxygens (including phenoxy) is 2. The Labute approximate surface area is 118 Å². The third kappa shape index (κ3) is 1.46. The molecule has 20 heavy (non-hydrogen) atoms. The molecule has 7 atom stereocenters. The molecule has 2 bridgehead atoms. The lowest BCUT2D eigenvalue weighted by Crippen LogP contribution is -2.69. The first-order valence-electron chi connectivity index (χ1n) is 7.71. The van der Waals surface area contributed by atoms with E-state index in [0.717, 1.165) is 25.7 Å². The summed E-state index contributed by atoms with van der Waals surface area (Å²) >= 11 is 0. The van der Waals surface area contributed by atoms with Gasteiger partial charge in [0.1, 0.15) is 0 Å². The van der Waals surface area contributed by atoms with E-state index in [-0.39, 0.29) is 17.8 Å². The molecule has 1 spiro atoms. The zero-order chi connectivity index (χ0) is 14.1. The fraction of sp³-hybridized carbons (Fsp3) is 0.933. The summed E-state index contributed by atoms with van der Waals surface area (Å²) in [6.07, 6.45) is 3.24. The monoisotopic (exact) mass is 282 g/mol. The van der Waals surface area contributed by atoms with Crippen LogP contribution < -0.4 is 0 Å². The number of rotatable bonds is 0. The van der Waals surface area contributed by atoms with Crippen molar-refractivity contribution in [3.8, 4) is 0 Å². The summed E-state index contributed by atoms with van der Waals surface area (Å²) in [7, 11) is 0. The topological polar surface area (TPSA) is 54.0 Å². The van der Waals surface area contributed by atoms with Crippen LogP contribution in [0.25, 0.3) is 0 Å². The van der Waals surface area contributed by atoms with Gasteiger partial charge in [-0.2, -0.15) is 0 Å². The smallest absolute Gasteiger partial charge is 0.311 e. The van der Waals surface area contributed by atoms with Crippen LogP contribution in [0.1, 0.15) is 46.5 Å². The third-order valence-electron chi connectivity index (χ3n) is 5.97. The van der Waals surface area contributed by atoms with Gasteiger partial charge in [0.15, 0.2) is 5.60 Å². The number of carbonyl (C=O) groups excluding carboxylic acids is 1. The normalized spacial score (nSPS) is 57.8.